The standard InChI is InChI=1S/C10H10ClN3O3/c1-5-9(16)13-8(15)4-14(5)10(17)7-2-6(11)3-12-7/h2-3,5,12H,4H2,1H3,(H,13,15,16). The lowest BCUT2D eigenvalue weighted by molar-refractivity contribution is -0.138. The average molecular weight is 256 g/mol. The second-order valence-electron chi connectivity index (χ2n) is 3.75. The summed E-state index contributed by atoms with van der Waals surface area (Å²) in [6.07, 6.45) is 1.46. The Morgan fingerprint density at radius 1 is 1.53 bits per heavy atom. The summed E-state index contributed by atoms with van der Waals surface area (Å²) in [5, 5.41) is 2.56. The molecule has 1 aromatic rings. The molecule has 0 aromatic carbocycles. The Morgan fingerprint density at radius 2 is 2.24 bits per heavy atom. The SMILES string of the molecule is CC1C(=O)NC(=O)CN1C(=O)c1cc(Cl)c[nH]1. The van der Waals surface area contributed by atoms with Gasteiger partial charge < -0.3 is 9.88 Å². The van der Waals surface area contributed by atoms with E-state index >= 15 is 0 Å². The molecule has 6 nitrogen and oxygen atoms in total. The summed E-state index contributed by atoms with van der Waals surface area (Å²) < 4.78 is 0. The van der Waals surface area contributed by atoms with Crippen LogP contribution in [-0.4, -0.2) is 40.2 Å². The number of aromatic amines is 1. The number of hydrogen-bond donors (Lipinski definition) is 2. The minimum absolute atomic E-state index is 0.137. The first-order valence-electron chi connectivity index (χ1n) is 4.97. The zero-order chi connectivity index (χ0) is 12.6. The number of carbonyl (C=O) groups is 3. The van der Waals surface area contributed by atoms with Crippen LogP contribution in [0, 0.1) is 0 Å². The third-order valence-electron chi connectivity index (χ3n) is 2.56. The number of nitrogens with zero attached hydrogens (tertiary/aromatic N) is 1. The molecule has 90 valence electrons. The Morgan fingerprint density at radius 3 is 2.82 bits per heavy atom. The summed E-state index contributed by atoms with van der Waals surface area (Å²) in [7, 11) is 0. The first-order valence-corrected chi connectivity index (χ1v) is 5.35. The number of imide groups is 1. The van der Waals surface area contributed by atoms with Crippen molar-refractivity contribution in [1.82, 2.24) is 15.2 Å². The zero-order valence-corrected chi connectivity index (χ0v) is 9.75. The van der Waals surface area contributed by atoms with Gasteiger partial charge in [-0.25, -0.2) is 0 Å². The highest BCUT2D eigenvalue weighted by molar-refractivity contribution is 6.31. The lowest BCUT2D eigenvalue weighted by atomic mass is 10.2. The molecule has 1 saturated heterocycles. The van der Waals surface area contributed by atoms with Crippen molar-refractivity contribution >= 4 is 29.3 Å². The molecule has 3 amide bonds. The molecular weight excluding hydrogens is 246 g/mol. The van der Waals surface area contributed by atoms with E-state index in [1.165, 1.54) is 17.2 Å². The topological polar surface area (TPSA) is 82.3 Å². The van der Waals surface area contributed by atoms with Crippen molar-refractivity contribution in [2.75, 3.05) is 6.54 Å². The van der Waals surface area contributed by atoms with Gasteiger partial charge in [-0.05, 0) is 13.0 Å². The molecule has 1 aromatic heterocycles. The van der Waals surface area contributed by atoms with E-state index in [-0.39, 0.29) is 12.2 Å². The van der Waals surface area contributed by atoms with Crippen LogP contribution in [0.4, 0.5) is 0 Å². The molecule has 1 unspecified atom stereocenters. The Labute approximate surface area is 102 Å². The minimum atomic E-state index is -0.678. The number of carbonyl (C=O) groups excluding carboxylic acids is 3. The van der Waals surface area contributed by atoms with Crippen molar-refractivity contribution in [3.8, 4) is 0 Å². The molecule has 2 rings (SSSR count). The summed E-state index contributed by atoms with van der Waals surface area (Å²) in [5.41, 5.74) is 0.254. The fourth-order valence-electron chi connectivity index (χ4n) is 1.61. The largest absolute Gasteiger partial charge is 0.356 e. The Kier molecular flexibility index (Phi) is 2.89. The number of halogens is 1. The van der Waals surface area contributed by atoms with Gasteiger partial charge in [0, 0.05) is 6.20 Å². The lowest BCUT2D eigenvalue weighted by Crippen LogP contribution is -2.58. The van der Waals surface area contributed by atoms with E-state index in [1.807, 2.05) is 0 Å². The Hall–Kier alpha value is -1.82. The van der Waals surface area contributed by atoms with Crippen LogP contribution in [0.1, 0.15) is 17.4 Å². The highest BCUT2D eigenvalue weighted by Gasteiger charge is 2.34. The maximum Gasteiger partial charge on any atom is 0.271 e. The molecule has 1 aliphatic heterocycles. The normalized spacial score (nSPS) is 20.4. The average Bonchev–Trinajstić information content (AvgIpc) is 2.69. The predicted molar refractivity (Wildman–Crippen MR) is 59.5 cm³/mol. The van der Waals surface area contributed by atoms with Gasteiger partial charge in [-0.15, -0.1) is 0 Å². The van der Waals surface area contributed by atoms with Gasteiger partial charge in [0.1, 0.15) is 18.3 Å². The van der Waals surface area contributed by atoms with E-state index in [0.29, 0.717) is 5.02 Å². The highest BCUT2D eigenvalue weighted by Crippen LogP contribution is 2.14. The molecular formula is C10H10ClN3O3. The van der Waals surface area contributed by atoms with Crippen LogP contribution in [0.5, 0.6) is 0 Å². The Balaban J connectivity index is 2.24. The first kappa shape index (κ1) is 11.7. The maximum atomic E-state index is 12.0. The van der Waals surface area contributed by atoms with E-state index in [9.17, 15) is 14.4 Å². The maximum absolute atomic E-state index is 12.0. The summed E-state index contributed by atoms with van der Waals surface area (Å²) in [6, 6.07) is 0.774. The molecule has 0 radical (unpaired) electrons. The van der Waals surface area contributed by atoms with Crippen LogP contribution in [0.25, 0.3) is 0 Å². The van der Waals surface area contributed by atoms with Crippen LogP contribution < -0.4 is 5.32 Å². The zero-order valence-electron chi connectivity index (χ0n) is 8.99. The van der Waals surface area contributed by atoms with Crippen LogP contribution in [0.2, 0.25) is 5.02 Å². The van der Waals surface area contributed by atoms with E-state index in [2.05, 4.69) is 10.3 Å². The van der Waals surface area contributed by atoms with Gasteiger partial charge in [0.25, 0.3) is 5.91 Å². The second kappa shape index (κ2) is 4.21. The van der Waals surface area contributed by atoms with Crippen molar-refractivity contribution in [2.24, 2.45) is 0 Å². The number of hydrogen-bond acceptors (Lipinski definition) is 3. The van der Waals surface area contributed by atoms with Crippen molar-refractivity contribution in [1.29, 1.82) is 0 Å². The molecule has 2 heterocycles. The predicted octanol–water partition coefficient (Wildman–Crippen LogP) is 0.155. The van der Waals surface area contributed by atoms with Gasteiger partial charge in [-0.3, -0.25) is 19.7 Å². The van der Waals surface area contributed by atoms with E-state index < -0.39 is 23.8 Å². The summed E-state index contributed by atoms with van der Waals surface area (Å²) in [4.78, 5) is 38.5. The van der Waals surface area contributed by atoms with E-state index in [0.717, 1.165) is 0 Å². The summed E-state index contributed by atoms with van der Waals surface area (Å²) in [6.45, 7) is 1.42. The molecule has 0 aliphatic carbocycles. The van der Waals surface area contributed by atoms with Gasteiger partial charge in [0.05, 0.1) is 5.02 Å². The van der Waals surface area contributed by atoms with Crippen molar-refractivity contribution in [2.45, 2.75) is 13.0 Å². The molecule has 1 fully saturated rings. The molecule has 0 bridgehead atoms. The molecule has 1 atom stereocenters. The fraction of sp³-hybridized carbons (Fsp3) is 0.300. The minimum Gasteiger partial charge on any atom is -0.356 e. The number of aromatic nitrogens is 1. The van der Waals surface area contributed by atoms with E-state index in [4.69, 9.17) is 11.6 Å². The number of rotatable bonds is 1. The molecule has 17 heavy (non-hydrogen) atoms. The molecule has 2 N–H and O–H groups in total. The lowest BCUT2D eigenvalue weighted by Gasteiger charge is -2.31. The summed E-state index contributed by atoms with van der Waals surface area (Å²) in [5.74, 6) is -1.39. The smallest absolute Gasteiger partial charge is 0.271 e. The van der Waals surface area contributed by atoms with Gasteiger partial charge in [0.15, 0.2) is 0 Å². The molecule has 0 saturated carbocycles. The van der Waals surface area contributed by atoms with Crippen LogP contribution in [0.15, 0.2) is 12.3 Å². The summed E-state index contributed by atoms with van der Waals surface area (Å²) >= 11 is 5.69. The van der Waals surface area contributed by atoms with Gasteiger partial charge in [0.2, 0.25) is 11.8 Å². The number of piperazine rings is 1. The van der Waals surface area contributed by atoms with Gasteiger partial charge in [-0.1, -0.05) is 11.6 Å². The van der Waals surface area contributed by atoms with E-state index in [1.54, 1.807) is 6.92 Å². The number of nitrogens with one attached hydrogen (secondary N) is 2. The highest BCUT2D eigenvalue weighted by atomic mass is 35.5. The number of H-pyrrole nitrogens is 1. The van der Waals surface area contributed by atoms with Crippen LogP contribution in [0.3, 0.4) is 0 Å². The van der Waals surface area contributed by atoms with Crippen LogP contribution in [-0.2, 0) is 9.59 Å². The fourth-order valence-corrected chi connectivity index (χ4v) is 1.77. The van der Waals surface area contributed by atoms with Gasteiger partial charge in [-0.2, -0.15) is 0 Å². The van der Waals surface area contributed by atoms with Crippen LogP contribution >= 0.6 is 11.6 Å². The first-order chi connectivity index (χ1) is 7.99. The van der Waals surface area contributed by atoms with Crippen molar-refractivity contribution in [3.05, 3.63) is 23.0 Å². The Bertz CT molecular complexity index is 497. The molecule has 0 spiro atoms. The second-order valence-corrected chi connectivity index (χ2v) is 4.19. The quantitative estimate of drug-likeness (QED) is 0.701. The van der Waals surface area contributed by atoms with Gasteiger partial charge >= 0.3 is 0 Å². The van der Waals surface area contributed by atoms with Crippen molar-refractivity contribution in [3.63, 3.8) is 0 Å². The third kappa shape index (κ3) is 2.16. The van der Waals surface area contributed by atoms with Crippen molar-refractivity contribution < 1.29 is 14.4 Å². The monoisotopic (exact) mass is 255 g/mol. The third-order valence-corrected chi connectivity index (χ3v) is 2.78. The molecule has 1 aliphatic rings. The molecule has 7 heteroatoms. The number of amides is 3.